The number of anilines is 1. The van der Waals surface area contributed by atoms with Crippen molar-refractivity contribution in [2.45, 2.75) is 17.8 Å². The lowest BCUT2D eigenvalue weighted by Crippen LogP contribution is -2.54. The van der Waals surface area contributed by atoms with Gasteiger partial charge in [0, 0.05) is 6.54 Å². The standard InChI is InChI=1S/C17H14Cl3N3O6S/c18-7-2-1-3-8(12(7)19)21-17(27)22-9-6-11(30(28)29)13(20)14(15(9)24)23-5-4-10(23)16(25)26/h1-3,6,10,13,24H,4-5H2,(H,25,26)(H2,21,22,27). The number of halogens is 3. The van der Waals surface area contributed by atoms with E-state index in [0.29, 0.717) is 6.42 Å². The third-order valence-electron chi connectivity index (χ3n) is 4.53. The zero-order valence-electron chi connectivity index (χ0n) is 14.9. The van der Waals surface area contributed by atoms with Gasteiger partial charge in [-0.3, -0.25) is 0 Å². The molecule has 13 heteroatoms. The van der Waals surface area contributed by atoms with Gasteiger partial charge in [-0.2, -0.15) is 8.42 Å². The number of nitrogens with zero attached hydrogens (tertiary/aromatic N) is 1. The third kappa shape index (κ3) is 4.22. The SMILES string of the molecule is O=C(NC1=CC(=S(=O)=O)C(Cl)C(N2CCC2C(=O)O)=C1O)Nc1cccc(Cl)c1Cl. The minimum Gasteiger partial charge on any atom is -0.504 e. The Labute approximate surface area is 187 Å². The fourth-order valence-corrected chi connectivity index (χ4v) is 4.35. The van der Waals surface area contributed by atoms with Crippen molar-refractivity contribution < 1.29 is 28.2 Å². The molecule has 1 fully saturated rings. The van der Waals surface area contributed by atoms with Gasteiger partial charge in [0.2, 0.25) is 10.3 Å². The molecular formula is C17H14Cl3N3O6S. The lowest BCUT2D eigenvalue weighted by Gasteiger charge is -2.43. The van der Waals surface area contributed by atoms with Gasteiger partial charge in [0.05, 0.1) is 32.0 Å². The van der Waals surface area contributed by atoms with Gasteiger partial charge in [-0.1, -0.05) is 29.3 Å². The number of amides is 2. The molecule has 9 nitrogen and oxygen atoms in total. The van der Waals surface area contributed by atoms with Crippen LogP contribution in [0.15, 0.2) is 41.4 Å². The van der Waals surface area contributed by atoms with Crippen molar-refractivity contribution in [1.82, 2.24) is 10.2 Å². The smallest absolute Gasteiger partial charge is 0.326 e. The minimum atomic E-state index is -2.79. The van der Waals surface area contributed by atoms with Crippen LogP contribution in [0.2, 0.25) is 10.0 Å². The Morgan fingerprint density at radius 1 is 1.20 bits per heavy atom. The Kier molecular flexibility index (Phi) is 6.51. The van der Waals surface area contributed by atoms with Crippen LogP contribution < -0.4 is 10.6 Å². The third-order valence-corrected chi connectivity index (χ3v) is 6.66. The molecule has 0 radical (unpaired) electrons. The second kappa shape index (κ2) is 8.76. The summed E-state index contributed by atoms with van der Waals surface area (Å²) in [7, 11) is -2.79. The first kappa shape index (κ1) is 22.3. The zero-order valence-corrected chi connectivity index (χ0v) is 18.0. The van der Waals surface area contributed by atoms with Gasteiger partial charge in [-0.15, -0.1) is 11.6 Å². The van der Waals surface area contributed by atoms with Crippen LogP contribution in [0.1, 0.15) is 6.42 Å². The quantitative estimate of drug-likeness (QED) is 0.373. The average molecular weight is 495 g/mol. The van der Waals surface area contributed by atoms with Gasteiger partial charge < -0.3 is 25.7 Å². The molecule has 2 unspecified atom stereocenters. The van der Waals surface area contributed by atoms with Gasteiger partial charge in [0.25, 0.3) is 0 Å². The fraction of sp³-hybridized carbons (Fsp3) is 0.235. The maximum Gasteiger partial charge on any atom is 0.326 e. The molecule has 2 amide bonds. The summed E-state index contributed by atoms with van der Waals surface area (Å²) in [4.78, 5) is 24.7. The summed E-state index contributed by atoms with van der Waals surface area (Å²) in [5.74, 6) is -1.69. The maximum absolute atomic E-state index is 12.4. The summed E-state index contributed by atoms with van der Waals surface area (Å²) in [5.41, 5.74) is -0.205. The van der Waals surface area contributed by atoms with Crippen molar-refractivity contribution in [3.63, 3.8) is 0 Å². The first-order chi connectivity index (χ1) is 14.1. The lowest BCUT2D eigenvalue weighted by atomic mass is 9.96. The molecule has 1 saturated heterocycles. The number of nitrogens with one attached hydrogen (secondary N) is 2. The van der Waals surface area contributed by atoms with E-state index in [9.17, 15) is 28.2 Å². The maximum atomic E-state index is 12.4. The van der Waals surface area contributed by atoms with Crippen LogP contribution in [-0.2, 0) is 15.1 Å². The molecule has 4 N–H and O–H groups in total. The predicted octanol–water partition coefficient (Wildman–Crippen LogP) is 2.60. The number of allylic oxidation sites excluding steroid dienone is 2. The van der Waals surface area contributed by atoms with Crippen LogP contribution in [-0.4, -0.2) is 58.4 Å². The largest absolute Gasteiger partial charge is 0.504 e. The van der Waals surface area contributed by atoms with E-state index in [0.717, 1.165) is 6.08 Å². The normalized spacial score (nSPS) is 21.0. The number of hydrogen-bond acceptors (Lipinski definition) is 6. The Morgan fingerprint density at radius 3 is 2.47 bits per heavy atom. The van der Waals surface area contributed by atoms with Gasteiger partial charge in [-0.05, 0) is 24.6 Å². The summed E-state index contributed by atoms with van der Waals surface area (Å²) >= 11 is 18.1. The Hall–Kier alpha value is -2.40. The van der Waals surface area contributed by atoms with E-state index >= 15 is 0 Å². The molecule has 0 aromatic heterocycles. The number of hydrogen-bond donors (Lipinski definition) is 4. The van der Waals surface area contributed by atoms with Gasteiger partial charge in [0.1, 0.15) is 11.4 Å². The summed E-state index contributed by atoms with van der Waals surface area (Å²) in [5, 5.41) is 23.6. The number of rotatable bonds is 4. The fourth-order valence-electron chi connectivity index (χ4n) is 2.99. The lowest BCUT2D eigenvalue weighted by molar-refractivity contribution is -0.146. The van der Waals surface area contributed by atoms with Crippen LogP contribution in [0.3, 0.4) is 0 Å². The minimum absolute atomic E-state index is 0.0889. The van der Waals surface area contributed by atoms with E-state index in [1.54, 1.807) is 6.07 Å². The molecule has 0 bridgehead atoms. The summed E-state index contributed by atoms with van der Waals surface area (Å²) in [6.45, 7) is 0.246. The molecule has 2 atom stereocenters. The van der Waals surface area contributed by atoms with Crippen LogP contribution in [0.5, 0.6) is 0 Å². The Balaban J connectivity index is 1.93. The number of aliphatic hydroxyl groups is 1. The summed E-state index contributed by atoms with van der Waals surface area (Å²) in [6.07, 6.45) is 1.29. The summed E-state index contributed by atoms with van der Waals surface area (Å²) < 4.78 is 23.2. The molecule has 160 valence electrons. The molecule has 2 aliphatic rings. The first-order valence-corrected chi connectivity index (χ1v) is 10.7. The highest BCUT2D eigenvalue weighted by atomic mass is 35.5. The number of carbonyl (C=O) groups excluding carboxylic acids is 1. The van der Waals surface area contributed by atoms with Crippen molar-refractivity contribution in [2.75, 3.05) is 11.9 Å². The van der Waals surface area contributed by atoms with Crippen molar-refractivity contribution in [2.24, 2.45) is 0 Å². The molecule has 1 aromatic carbocycles. The Bertz CT molecular complexity index is 1120. The molecule has 1 heterocycles. The number of urea groups is 1. The van der Waals surface area contributed by atoms with E-state index in [2.05, 4.69) is 10.6 Å². The second-order valence-corrected chi connectivity index (χ2v) is 8.47. The number of benzene rings is 1. The highest BCUT2D eigenvalue weighted by Crippen LogP contribution is 2.34. The monoisotopic (exact) mass is 493 g/mol. The number of aliphatic hydroxyl groups excluding tert-OH is 1. The van der Waals surface area contributed by atoms with Crippen LogP contribution >= 0.6 is 34.8 Å². The number of carbonyl (C=O) groups is 2. The molecule has 3 rings (SSSR count). The number of likely N-dealkylation sites (tertiary alicyclic amines) is 1. The van der Waals surface area contributed by atoms with Gasteiger partial charge >= 0.3 is 12.0 Å². The Morgan fingerprint density at radius 2 is 1.90 bits per heavy atom. The predicted molar refractivity (Wildman–Crippen MR) is 113 cm³/mol. The number of alkyl halides is 1. The molecule has 0 saturated carbocycles. The molecule has 1 aliphatic heterocycles. The van der Waals surface area contributed by atoms with E-state index in [4.69, 9.17) is 34.8 Å². The molecule has 1 aromatic rings. The van der Waals surface area contributed by atoms with Gasteiger partial charge in [0.15, 0.2) is 5.76 Å². The van der Waals surface area contributed by atoms with Crippen molar-refractivity contribution in [3.05, 3.63) is 51.5 Å². The van der Waals surface area contributed by atoms with Crippen LogP contribution in [0, 0.1) is 0 Å². The van der Waals surface area contributed by atoms with E-state index in [1.165, 1.54) is 17.0 Å². The highest BCUT2D eigenvalue weighted by Gasteiger charge is 2.42. The number of carboxylic acids is 1. The summed E-state index contributed by atoms with van der Waals surface area (Å²) in [6, 6.07) is 2.75. The molecule has 0 spiro atoms. The second-order valence-electron chi connectivity index (χ2n) is 6.31. The molecule has 1 aliphatic carbocycles. The topological polar surface area (TPSA) is 136 Å². The number of carboxylic acid groups (broad SMARTS) is 1. The molecule has 30 heavy (non-hydrogen) atoms. The van der Waals surface area contributed by atoms with Crippen LogP contribution in [0.4, 0.5) is 10.5 Å². The number of aliphatic carboxylic acids is 1. The van der Waals surface area contributed by atoms with Crippen molar-refractivity contribution in [1.29, 1.82) is 0 Å². The highest BCUT2D eigenvalue weighted by molar-refractivity contribution is 7.73. The first-order valence-electron chi connectivity index (χ1n) is 8.38. The van der Waals surface area contributed by atoms with Crippen molar-refractivity contribution in [3.8, 4) is 0 Å². The van der Waals surface area contributed by atoms with E-state index in [-0.39, 0.29) is 38.5 Å². The van der Waals surface area contributed by atoms with Crippen molar-refractivity contribution >= 4 is 67.6 Å². The average Bonchev–Trinajstić information content (AvgIpc) is 2.63. The molecular weight excluding hydrogens is 481 g/mol. The van der Waals surface area contributed by atoms with E-state index in [1.807, 2.05) is 0 Å². The van der Waals surface area contributed by atoms with Gasteiger partial charge in [-0.25, -0.2) is 9.59 Å². The van der Waals surface area contributed by atoms with Crippen LogP contribution in [0.25, 0.3) is 0 Å². The zero-order chi connectivity index (χ0) is 22.2. The van der Waals surface area contributed by atoms with E-state index < -0.39 is 39.5 Å².